The van der Waals surface area contributed by atoms with Crippen LogP contribution in [0.1, 0.15) is 22.7 Å². The Kier molecular flexibility index (Phi) is 5.34. The largest absolute Gasteiger partial charge is 0.288 e. The van der Waals surface area contributed by atoms with Gasteiger partial charge in [-0.2, -0.15) is 0 Å². The van der Waals surface area contributed by atoms with Crippen molar-refractivity contribution < 1.29 is 19.3 Å². The highest BCUT2D eigenvalue weighted by atomic mass is 35.5. The molecule has 0 aromatic heterocycles. The summed E-state index contributed by atoms with van der Waals surface area (Å²) < 4.78 is 0. The van der Waals surface area contributed by atoms with Crippen LogP contribution in [0.4, 0.5) is 17.1 Å². The molecule has 3 atom stereocenters. The van der Waals surface area contributed by atoms with E-state index in [1.54, 1.807) is 36.4 Å². The molecule has 2 amide bonds. The molecule has 3 aromatic carbocycles. The van der Waals surface area contributed by atoms with Crippen molar-refractivity contribution in [2.45, 2.75) is 26.0 Å². The number of rotatable bonds is 4. The fraction of sp³-hybridized carbons (Fsp3) is 0.200. The molecule has 8 nitrogen and oxygen atoms in total. The molecule has 2 heterocycles. The van der Waals surface area contributed by atoms with E-state index in [4.69, 9.17) is 16.4 Å². The summed E-state index contributed by atoms with van der Waals surface area (Å²) >= 11 is 6.03. The minimum Gasteiger partial charge on any atom is -0.273 e. The van der Waals surface area contributed by atoms with Gasteiger partial charge in [0.05, 0.1) is 22.3 Å². The Morgan fingerprint density at radius 2 is 1.71 bits per heavy atom. The Hall–Kier alpha value is -3.75. The number of para-hydroxylation sites is 1. The van der Waals surface area contributed by atoms with E-state index in [0.717, 1.165) is 11.1 Å². The van der Waals surface area contributed by atoms with E-state index in [9.17, 15) is 19.7 Å². The third-order valence-corrected chi connectivity index (χ3v) is 6.55. The van der Waals surface area contributed by atoms with E-state index in [1.165, 1.54) is 22.1 Å². The zero-order valence-corrected chi connectivity index (χ0v) is 19.1. The molecule has 0 N–H and O–H groups in total. The Morgan fingerprint density at radius 1 is 0.971 bits per heavy atom. The van der Waals surface area contributed by atoms with Gasteiger partial charge in [0.1, 0.15) is 10.9 Å². The number of hydroxylamine groups is 1. The number of nitro benzene ring substituents is 1. The molecule has 5 rings (SSSR count). The predicted molar refractivity (Wildman–Crippen MR) is 127 cm³/mol. The standard InChI is InChI=1S/C25H20ClN3O5/c1-14-8-11-19(15(2)12-14)27-24(30)21-22(16-9-10-18(26)20(13-16)29(32)33)28(34-23(21)25(27)31)17-6-4-3-5-7-17/h3-13,21-23H,1-2H3/t21-,22-,23+/m0/s1. The number of fused-ring (bicyclic) bond motifs is 1. The first-order chi connectivity index (χ1) is 16.3. The topological polar surface area (TPSA) is 93.0 Å². The summed E-state index contributed by atoms with van der Waals surface area (Å²) in [7, 11) is 0. The number of hydrogen-bond acceptors (Lipinski definition) is 6. The summed E-state index contributed by atoms with van der Waals surface area (Å²) in [5.41, 5.74) is 3.11. The molecule has 3 aromatic rings. The summed E-state index contributed by atoms with van der Waals surface area (Å²) in [4.78, 5) is 45.4. The smallest absolute Gasteiger partial charge is 0.273 e. The average molecular weight is 478 g/mol. The lowest BCUT2D eigenvalue weighted by atomic mass is 9.90. The average Bonchev–Trinajstić information content (AvgIpc) is 3.31. The van der Waals surface area contributed by atoms with Crippen LogP contribution in [0.25, 0.3) is 0 Å². The molecule has 0 unspecified atom stereocenters. The van der Waals surface area contributed by atoms with Crippen molar-refractivity contribution in [1.82, 2.24) is 0 Å². The minimum atomic E-state index is -1.06. The maximum atomic E-state index is 13.7. The summed E-state index contributed by atoms with van der Waals surface area (Å²) in [6.45, 7) is 3.78. The summed E-state index contributed by atoms with van der Waals surface area (Å²) in [5, 5.41) is 13.0. The summed E-state index contributed by atoms with van der Waals surface area (Å²) in [6, 6.07) is 18.1. The van der Waals surface area contributed by atoms with Crippen LogP contribution in [0.15, 0.2) is 66.7 Å². The van der Waals surface area contributed by atoms with Crippen LogP contribution in [0, 0.1) is 29.9 Å². The van der Waals surface area contributed by atoms with Gasteiger partial charge in [-0.25, -0.2) is 9.96 Å². The first kappa shape index (κ1) is 22.1. The van der Waals surface area contributed by atoms with E-state index < -0.39 is 34.8 Å². The number of aryl methyl sites for hydroxylation is 2. The molecule has 0 bridgehead atoms. The van der Waals surface area contributed by atoms with Crippen LogP contribution in [-0.2, 0) is 14.4 Å². The highest BCUT2D eigenvalue weighted by Gasteiger charge is 2.60. The van der Waals surface area contributed by atoms with Crippen LogP contribution in [0.5, 0.6) is 0 Å². The highest BCUT2D eigenvalue weighted by molar-refractivity contribution is 6.32. The second-order valence-electron chi connectivity index (χ2n) is 8.43. The Balaban J connectivity index is 1.63. The van der Waals surface area contributed by atoms with Crippen LogP contribution in [0.3, 0.4) is 0 Å². The van der Waals surface area contributed by atoms with Crippen molar-refractivity contribution in [3.63, 3.8) is 0 Å². The van der Waals surface area contributed by atoms with Gasteiger partial charge in [-0.05, 0) is 49.2 Å². The minimum absolute atomic E-state index is 0.0128. The lowest BCUT2D eigenvalue weighted by molar-refractivity contribution is -0.384. The van der Waals surface area contributed by atoms with Gasteiger partial charge in [-0.3, -0.25) is 24.5 Å². The zero-order valence-electron chi connectivity index (χ0n) is 18.3. The number of carbonyl (C=O) groups is 2. The van der Waals surface area contributed by atoms with Gasteiger partial charge in [-0.15, -0.1) is 0 Å². The van der Waals surface area contributed by atoms with Crippen LogP contribution in [-0.4, -0.2) is 22.8 Å². The van der Waals surface area contributed by atoms with Crippen molar-refractivity contribution >= 4 is 40.5 Å². The number of benzene rings is 3. The predicted octanol–water partition coefficient (Wildman–Crippen LogP) is 4.92. The summed E-state index contributed by atoms with van der Waals surface area (Å²) in [5.74, 6) is -1.77. The van der Waals surface area contributed by atoms with E-state index in [1.807, 2.05) is 32.0 Å². The van der Waals surface area contributed by atoms with Crippen LogP contribution >= 0.6 is 11.6 Å². The second-order valence-corrected chi connectivity index (χ2v) is 8.83. The third kappa shape index (κ3) is 3.43. The molecule has 0 aliphatic carbocycles. The van der Waals surface area contributed by atoms with Crippen LogP contribution < -0.4 is 9.96 Å². The number of imide groups is 1. The number of anilines is 2. The van der Waals surface area contributed by atoms with Crippen molar-refractivity contribution in [2.75, 3.05) is 9.96 Å². The summed E-state index contributed by atoms with van der Waals surface area (Å²) in [6.07, 6.45) is -1.06. The lowest BCUT2D eigenvalue weighted by Crippen LogP contribution is -2.37. The van der Waals surface area contributed by atoms with Crippen LogP contribution in [0.2, 0.25) is 5.02 Å². The van der Waals surface area contributed by atoms with E-state index in [-0.39, 0.29) is 10.7 Å². The first-order valence-corrected chi connectivity index (χ1v) is 11.1. The zero-order chi connectivity index (χ0) is 24.1. The van der Waals surface area contributed by atoms with E-state index in [2.05, 4.69) is 0 Å². The molecule has 0 radical (unpaired) electrons. The molecule has 0 saturated carbocycles. The van der Waals surface area contributed by atoms with Crippen molar-refractivity contribution in [2.24, 2.45) is 5.92 Å². The SMILES string of the molecule is Cc1ccc(N2C(=O)[C@@H]3[C@@H](ON(c4ccccc4)[C@H]3c3ccc(Cl)c([N+](=O)[O-])c3)C2=O)c(C)c1. The quantitative estimate of drug-likeness (QED) is 0.301. The van der Waals surface area contributed by atoms with E-state index in [0.29, 0.717) is 16.9 Å². The molecule has 9 heteroatoms. The fourth-order valence-electron chi connectivity index (χ4n) is 4.70. The molecule has 0 spiro atoms. The number of hydrogen-bond donors (Lipinski definition) is 0. The maximum absolute atomic E-state index is 13.7. The first-order valence-electron chi connectivity index (χ1n) is 10.7. The molecule has 2 fully saturated rings. The number of carbonyl (C=O) groups excluding carboxylic acids is 2. The highest BCUT2D eigenvalue weighted by Crippen LogP contribution is 2.48. The number of nitro groups is 1. The number of nitrogens with zero attached hydrogens (tertiary/aromatic N) is 3. The third-order valence-electron chi connectivity index (χ3n) is 6.23. The molecule has 2 saturated heterocycles. The van der Waals surface area contributed by atoms with Crippen molar-refractivity contribution in [3.8, 4) is 0 Å². The van der Waals surface area contributed by atoms with Crippen molar-refractivity contribution in [3.05, 3.63) is 98.6 Å². The molecular formula is C25H20ClN3O5. The van der Waals surface area contributed by atoms with Gasteiger partial charge >= 0.3 is 0 Å². The Labute approximate surface area is 200 Å². The maximum Gasteiger partial charge on any atom is 0.288 e. The molecule has 34 heavy (non-hydrogen) atoms. The Bertz CT molecular complexity index is 1330. The molecule has 2 aliphatic heterocycles. The van der Waals surface area contributed by atoms with Gasteiger partial charge in [0, 0.05) is 6.07 Å². The lowest BCUT2D eigenvalue weighted by Gasteiger charge is -2.29. The molecular weight excluding hydrogens is 458 g/mol. The molecule has 2 aliphatic rings. The van der Waals surface area contributed by atoms with E-state index >= 15 is 0 Å². The van der Waals surface area contributed by atoms with Gasteiger partial charge < -0.3 is 0 Å². The monoisotopic (exact) mass is 477 g/mol. The fourth-order valence-corrected chi connectivity index (χ4v) is 4.89. The Morgan fingerprint density at radius 3 is 2.38 bits per heavy atom. The molecule has 172 valence electrons. The number of halogens is 1. The van der Waals surface area contributed by atoms with Gasteiger partial charge in [-0.1, -0.05) is 53.6 Å². The van der Waals surface area contributed by atoms with Gasteiger partial charge in [0.2, 0.25) is 5.91 Å². The van der Waals surface area contributed by atoms with Crippen molar-refractivity contribution in [1.29, 1.82) is 0 Å². The second kappa shape index (κ2) is 8.23. The van der Waals surface area contributed by atoms with Gasteiger partial charge in [0.25, 0.3) is 11.6 Å². The number of amides is 2. The normalized spacial score (nSPS) is 21.8. The van der Waals surface area contributed by atoms with Gasteiger partial charge in [0.15, 0.2) is 6.10 Å².